The molecule has 1 amide bonds. The lowest BCUT2D eigenvalue weighted by Crippen LogP contribution is -2.48. The van der Waals surface area contributed by atoms with Crippen LogP contribution in [0.3, 0.4) is 0 Å². The van der Waals surface area contributed by atoms with Crippen LogP contribution in [0.25, 0.3) is 10.9 Å². The zero-order chi connectivity index (χ0) is 16.8. The van der Waals surface area contributed by atoms with Crippen LogP contribution in [0.2, 0.25) is 5.02 Å². The highest BCUT2D eigenvalue weighted by molar-refractivity contribution is 6.31. The monoisotopic (exact) mass is 343 g/mol. The number of likely N-dealkylation sites (tertiary alicyclic amines) is 1. The summed E-state index contributed by atoms with van der Waals surface area (Å²) in [4.78, 5) is 20.0. The topological polar surface area (TPSA) is 59.2 Å². The molecule has 1 saturated carbocycles. The molecular formula is C19H22ClN3O. The van der Waals surface area contributed by atoms with Crippen molar-refractivity contribution in [3.8, 4) is 0 Å². The van der Waals surface area contributed by atoms with Crippen molar-refractivity contribution in [1.29, 1.82) is 0 Å². The minimum absolute atomic E-state index is 0.0750. The fraction of sp³-hybridized carbons (Fsp3) is 0.474. The molecule has 2 aromatic rings. The standard InChI is InChI=1S/C19H22ClN3O/c1-11-8-14(21)6-7-23(11)19(24)16-10-18(12-2-3-12)22-17-5-4-13(20)9-15(16)17/h4-5,9-12,14H,2-3,6-8,21H2,1H3/t11-,14-/m1/s1. The average Bonchev–Trinajstić information content (AvgIpc) is 3.38. The van der Waals surface area contributed by atoms with E-state index in [2.05, 4.69) is 6.92 Å². The van der Waals surface area contributed by atoms with Crippen molar-refractivity contribution in [3.05, 3.63) is 40.5 Å². The minimum Gasteiger partial charge on any atom is -0.336 e. The van der Waals surface area contributed by atoms with Gasteiger partial charge in [-0.2, -0.15) is 0 Å². The first kappa shape index (κ1) is 15.9. The molecule has 1 aliphatic heterocycles. The van der Waals surface area contributed by atoms with Crippen LogP contribution in [-0.2, 0) is 0 Å². The molecule has 2 atom stereocenters. The molecule has 4 rings (SSSR count). The maximum atomic E-state index is 13.3. The van der Waals surface area contributed by atoms with Gasteiger partial charge >= 0.3 is 0 Å². The van der Waals surface area contributed by atoms with Gasteiger partial charge in [-0.25, -0.2) is 0 Å². The van der Waals surface area contributed by atoms with Crippen molar-refractivity contribution in [3.63, 3.8) is 0 Å². The molecule has 1 aromatic heterocycles. The van der Waals surface area contributed by atoms with Crippen LogP contribution < -0.4 is 5.73 Å². The Morgan fingerprint density at radius 2 is 2.08 bits per heavy atom. The first-order valence-electron chi connectivity index (χ1n) is 8.69. The van der Waals surface area contributed by atoms with Gasteiger partial charge in [0.05, 0.1) is 11.1 Å². The lowest BCUT2D eigenvalue weighted by Gasteiger charge is -2.36. The molecule has 0 unspecified atom stereocenters. The highest BCUT2D eigenvalue weighted by atomic mass is 35.5. The van der Waals surface area contributed by atoms with Crippen LogP contribution in [-0.4, -0.2) is 34.4 Å². The van der Waals surface area contributed by atoms with Gasteiger partial charge in [-0.05, 0) is 56.9 Å². The third-order valence-corrected chi connectivity index (χ3v) is 5.43. The molecule has 0 spiro atoms. The summed E-state index contributed by atoms with van der Waals surface area (Å²) in [6.07, 6.45) is 4.03. The summed E-state index contributed by atoms with van der Waals surface area (Å²) >= 11 is 6.17. The summed E-state index contributed by atoms with van der Waals surface area (Å²) in [7, 11) is 0. The van der Waals surface area contributed by atoms with E-state index in [4.69, 9.17) is 22.3 Å². The average molecular weight is 344 g/mol. The van der Waals surface area contributed by atoms with Crippen molar-refractivity contribution in [2.75, 3.05) is 6.54 Å². The minimum atomic E-state index is 0.0750. The van der Waals surface area contributed by atoms with Crippen molar-refractivity contribution in [2.45, 2.75) is 50.6 Å². The zero-order valence-electron chi connectivity index (χ0n) is 13.8. The van der Waals surface area contributed by atoms with Crippen LogP contribution in [0.1, 0.15) is 54.6 Å². The van der Waals surface area contributed by atoms with Crippen LogP contribution in [0.5, 0.6) is 0 Å². The number of halogens is 1. The Balaban J connectivity index is 1.79. The second-order valence-corrected chi connectivity index (χ2v) is 7.60. The van der Waals surface area contributed by atoms with E-state index in [1.807, 2.05) is 29.2 Å². The normalized spacial score (nSPS) is 24.4. The number of rotatable bonds is 2. The van der Waals surface area contributed by atoms with Crippen LogP contribution in [0, 0.1) is 0 Å². The number of carbonyl (C=O) groups is 1. The van der Waals surface area contributed by atoms with E-state index in [0.717, 1.165) is 47.8 Å². The summed E-state index contributed by atoms with van der Waals surface area (Å²) in [5, 5.41) is 1.48. The van der Waals surface area contributed by atoms with Gasteiger partial charge in [-0.1, -0.05) is 11.6 Å². The Bertz CT molecular complexity index is 803. The van der Waals surface area contributed by atoms with Crippen LogP contribution in [0.15, 0.2) is 24.3 Å². The van der Waals surface area contributed by atoms with Crippen molar-refractivity contribution >= 4 is 28.4 Å². The van der Waals surface area contributed by atoms with E-state index < -0.39 is 0 Å². The Labute approximate surface area is 147 Å². The van der Waals surface area contributed by atoms with Crippen molar-refractivity contribution in [2.24, 2.45) is 5.73 Å². The van der Waals surface area contributed by atoms with E-state index in [-0.39, 0.29) is 18.0 Å². The Morgan fingerprint density at radius 1 is 1.29 bits per heavy atom. The number of fused-ring (bicyclic) bond motifs is 1. The van der Waals surface area contributed by atoms with Gasteiger partial charge < -0.3 is 10.6 Å². The Morgan fingerprint density at radius 3 is 2.79 bits per heavy atom. The second-order valence-electron chi connectivity index (χ2n) is 7.16. The number of carbonyl (C=O) groups excluding carboxylic acids is 1. The fourth-order valence-corrected chi connectivity index (χ4v) is 3.82. The summed E-state index contributed by atoms with van der Waals surface area (Å²) in [5.74, 6) is 0.579. The first-order valence-corrected chi connectivity index (χ1v) is 9.07. The molecular weight excluding hydrogens is 322 g/mol. The quantitative estimate of drug-likeness (QED) is 0.904. The number of hydrogen-bond acceptors (Lipinski definition) is 3. The second kappa shape index (κ2) is 6.01. The number of aromatic nitrogens is 1. The maximum Gasteiger partial charge on any atom is 0.254 e. The molecule has 2 N–H and O–H groups in total. The van der Waals surface area contributed by atoms with Gasteiger partial charge in [0, 0.05) is 40.6 Å². The number of benzene rings is 1. The number of piperidine rings is 1. The lowest BCUT2D eigenvalue weighted by molar-refractivity contribution is 0.0621. The summed E-state index contributed by atoms with van der Waals surface area (Å²) in [6.45, 7) is 2.79. The third kappa shape index (κ3) is 2.89. The smallest absolute Gasteiger partial charge is 0.254 e. The Kier molecular flexibility index (Phi) is 3.97. The highest BCUT2D eigenvalue weighted by Gasteiger charge is 2.31. The lowest BCUT2D eigenvalue weighted by atomic mass is 9.97. The van der Waals surface area contributed by atoms with Crippen molar-refractivity contribution in [1.82, 2.24) is 9.88 Å². The summed E-state index contributed by atoms with van der Waals surface area (Å²) < 4.78 is 0. The number of amides is 1. The van der Waals surface area contributed by atoms with E-state index in [0.29, 0.717) is 17.5 Å². The molecule has 4 nitrogen and oxygen atoms in total. The maximum absolute atomic E-state index is 13.3. The van der Waals surface area contributed by atoms with E-state index in [1.54, 1.807) is 0 Å². The number of hydrogen-bond donors (Lipinski definition) is 1. The van der Waals surface area contributed by atoms with Gasteiger partial charge in [0.2, 0.25) is 0 Å². The van der Waals surface area contributed by atoms with Gasteiger partial charge in [0.1, 0.15) is 0 Å². The van der Waals surface area contributed by atoms with E-state index >= 15 is 0 Å². The number of pyridine rings is 1. The summed E-state index contributed by atoms with van der Waals surface area (Å²) in [5.41, 5.74) is 8.66. The molecule has 2 heterocycles. The fourth-order valence-electron chi connectivity index (χ4n) is 3.65. The molecule has 0 radical (unpaired) electrons. The Hall–Kier alpha value is -1.65. The van der Waals surface area contributed by atoms with Crippen molar-refractivity contribution < 1.29 is 4.79 Å². The molecule has 1 saturated heterocycles. The molecule has 126 valence electrons. The molecule has 0 bridgehead atoms. The largest absolute Gasteiger partial charge is 0.336 e. The molecule has 2 aliphatic rings. The van der Waals surface area contributed by atoms with E-state index in [1.165, 1.54) is 0 Å². The van der Waals surface area contributed by atoms with Gasteiger partial charge in [-0.15, -0.1) is 0 Å². The first-order chi connectivity index (χ1) is 11.5. The van der Waals surface area contributed by atoms with Crippen LogP contribution >= 0.6 is 11.6 Å². The summed E-state index contributed by atoms with van der Waals surface area (Å²) in [6, 6.07) is 7.94. The van der Waals surface area contributed by atoms with E-state index in [9.17, 15) is 4.79 Å². The zero-order valence-corrected chi connectivity index (χ0v) is 14.6. The SMILES string of the molecule is C[C@@H]1C[C@H](N)CCN1C(=O)c1cc(C2CC2)nc2ccc(Cl)cc12. The predicted molar refractivity (Wildman–Crippen MR) is 96.4 cm³/mol. The number of nitrogens with zero attached hydrogens (tertiary/aromatic N) is 2. The molecule has 1 aliphatic carbocycles. The molecule has 1 aromatic carbocycles. The van der Waals surface area contributed by atoms with Crippen LogP contribution in [0.4, 0.5) is 0 Å². The molecule has 5 heteroatoms. The van der Waals surface area contributed by atoms with Gasteiger partial charge in [-0.3, -0.25) is 9.78 Å². The molecule has 24 heavy (non-hydrogen) atoms. The van der Waals surface area contributed by atoms with Gasteiger partial charge in [0.15, 0.2) is 0 Å². The number of nitrogens with two attached hydrogens (primary N) is 1. The highest BCUT2D eigenvalue weighted by Crippen LogP contribution is 2.40. The third-order valence-electron chi connectivity index (χ3n) is 5.19. The predicted octanol–water partition coefficient (Wildman–Crippen LogP) is 3.72. The molecule has 2 fully saturated rings. The van der Waals surface area contributed by atoms with Gasteiger partial charge in [0.25, 0.3) is 5.91 Å².